The zero-order valence-corrected chi connectivity index (χ0v) is 19.1. The van der Waals surface area contributed by atoms with Gasteiger partial charge in [0, 0.05) is 12.5 Å². The van der Waals surface area contributed by atoms with Gasteiger partial charge in [-0.2, -0.15) is 0 Å². The van der Waals surface area contributed by atoms with Crippen molar-refractivity contribution >= 4 is 0 Å². The summed E-state index contributed by atoms with van der Waals surface area (Å²) in [6.45, 7) is 6.25. The summed E-state index contributed by atoms with van der Waals surface area (Å²) >= 11 is 0. The molecule has 1 heterocycles. The summed E-state index contributed by atoms with van der Waals surface area (Å²) in [5.41, 5.74) is 9.51. The molecule has 0 amide bonds. The lowest BCUT2D eigenvalue weighted by atomic mass is 9.88. The molecule has 1 aromatic heterocycles. The molecular weight excluding hydrogens is 404 g/mol. The molecule has 0 aliphatic rings. The first kappa shape index (κ1) is 20.9. The van der Waals surface area contributed by atoms with Gasteiger partial charge in [-0.05, 0) is 57.0 Å². The van der Waals surface area contributed by atoms with Crippen molar-refractivity contribution in [3.05, 3.63) is 109 Å². The van der Waals surface area contributed by atoms with Gasteiger partial charge in [0.05, 0.1) is 0 Å². The molecule has 5 rings (SSSR count). The maximum Gasteiger partial charge on any atom is 0.247 e. The number of nitrogens with zero attached hydrogens (tertiary/aromatic N) is 2. The van der Waals surface area contributed by atoms with E-state index in [0.717, 1.165) is 11.1 Å². The molecule has 0 aliphatic heterocycles. The fourth-order valence-corrected chi connectivity index (χ4v) is 4.19. The first-order valence-electron chi connectivity index (χ1n) is 11.3. The smallest absolute Gasteiger partial charge is 0.247 e. The van der Waals surface area contributed by atoms with Gasteiger partial charge in [-0.3, -0.25) is 0 Å². The van der Waals surface area contributed by atoms with Crippen molar-refractivity contribution in [3.8, 4) is 44.8 Å². The Morgan fingerprint density at radius 1 is 0.545 bits per heavy atom. The number of aryl methyl sites for hydroxylation is 1. The van der Waals surface area contributed by atoms with Crippen molar-refractivity contribution in [2.24, 2.45) is 0 Å². The number of benzene rings is 4. The van der Waals surface area contributed by atoms with Crippen LogP contribution in [-0.4, -0.2) is 10.2 Å². The molecule has 162 valence electrons. The van der Waals surface area contributed by atoms with Crippen molar-refractivity contribution in [2.75, 3.05) is 0 Å². The summed E-state index contributed by atoms with van der Waals surface area (Å²) < 4.78 is 5.57. The monoisotopic (exact) mass is 430 g/mol. The van der Waals surface area contributed by atoms with E-state index in [0.29, 0.717) is 17.7 Å². The third-order valence-corrected chi connectivity index (χ3v) is 6.00. The highest BCUT2D eigenvalue weighted by molar-refractivity contribution is 5.91. The average Bonchev–Trinajstić information content (AvgIpc) is 3.30. The van der Waals surface area contributed by atoms with Crippen molar-refractivity contribution in [3.63, 3.8) is 0 Å². The third-order valence-electron chi connectivity index (χ3n) is 6.00. The molecule has 0 saturated carbocycles. The molecular formula is C30H26N2O. The highest BCUT2D eigenvalue weighted by atomic mass is 16.4. The minimum Gasteiger partial charge on any atom is -0.421 e. The summed E-state index contributed by atoms with van der Waals surface area (Å²) in [5, 5.41) is 8.06. The summed E-state index contributed by atoms with van der Waals surface area (Å²) in [6.07, 6.45) is 0. The van der Waals surface area contributed by atoms with E-state index < -0.39 is 0 Å². The predicted octanol–water partition coefficient (Wildman–Crippen LogP) is 8.17. The molecule has 5 aromatic rings. The topological polar surface area (TPSA) is 38.9 Å². The first-order valence-corrected chi connectivity index (χ1v) is 11.3. The molecule has 0 atom stereocenters. The van der Waals surface area contributed by atoms with Crippen LogP contribution in [-0.2, 0) is 0 Å². The SMILES string of the molecule is Cc1nnc(-c2ccc(-c3ccccc3-c3ccccc3-c3ccc(C(C)C)cc3)cc2)o1. The molecule has 0 saturated heterocycles. The quantitative estimate of drug-likeness (QED) is 0.282. The van der Waals surface area contributed by atoms with Crippen LogP contribution < -0.4 is 0 Å². The second-order valence-corrected chi connectivity index (χ2v) is 8.57. The number of hydrogen-bond donors (Lipinski definition) is 0. The Morgan fingerprint density at radius 2 is 1.00 bits per heavy atom. The molecule has 0 bridgehead atoms. The van der Waals surface area contributed by atoms with E-state index >= 15 is 0 Å². The van der Waals surface area contributed by atoms with Crippen LogP contribution in [0.15, 0.2) is 101 Å². The molecule has 4 aromatic carbocycles. The van der Waals surface area contributed by atoms with Crippen LogP contribution in [0.25, 0.3) is 44.8 Å². The minimum atomic E-state index is 0.522. The predicted molar refractivity (Wildman–Crippen MR) is 135 cm³/mol. The van der Waals surface area contributed by atoms with E-state index in [1.165, 1.54) is 33.4 Å². The van der Waals surface area contributed by atoms with Gasteiger partial charge in [0.25, 0.3) is 0 Å². The van der Waals surface area contributed by atoms with E-state index in [4.69, 9.17) is 4.42 Å². The molecule has 3 heteroatoms. The van der Waals surface area contributed by atoms with Crippen LogP contribution in [0.5, 0.6) is 0 Å². The fourth-order valence-electron chi connectivity index (χ4n) is 4.19. The normalized spacial score (nSPS) is 11.2. The van der Waals surface area contributed by atoms with Crippen molar-refractivity contribution in [1.29, 1.82) is 0 Å². The van der Waals surface area contributed by atoms with Gasteiger partial charge in [-0.15, -0.1) is 10.2 Å². The van der Waals surface area contributed by atoms with Gasteiger partial charge in [0.2, 0.25) is 11.8 Å². The van der Waals surface area contributed by atoms with Crippen molar-refractivity contribution in [1.82, 2.24) is 10.2 Å². The number of hydrogen-bond acceptors (Lipinski definition) is 3. The van der Waals surface area contributed by atoms with Gasteiger partial charge in [-0.25, -0.2) is 0 Å². The zero-order chi connectivity index (χ0) is 22.8. The number of aromatic nitrogens is 2. The van der Waals surface area contributed by atoms with E-state index in [9.17, 15) is 0 Å². The Bertz CT molecular complexity index is 1380. The lowest BCUT2D eigenvalue weighted by molar-refractivity contribution is 0.533. The fraction of sp³-hybridized carbons (Fsp3) is 0.133. The molecule has 33 heavy (non-hydrogen) atoms. The highest BCUT2D eigenvalue weighted by Gasteiger charge is 2.13. The third kappa shape index (κ3) is 4.22. The summed E-state index contributed by atoms with van der Waals surface area (Å²) in [7, 11) is 0. The summed E-state index contributed by atoms with van der Waals surface area (Å²) in [5.74, 6) is 1.63. The molecule has 0 aliphatic carbocycles. The van der Waals surface area contributed by atoms with E-state index in [1.807, 2.05) is 12.1 Å². The molecule has 0 spiro atoms. The van der Waals surface area contributed by atoms with Crippen molar-refractivity contribution in [2.45, 2.75) is 26.7 Å². The van der Waals surface area contributed by atoms with Crippen LogP contribution in [0.4, 0.5) is 0 Å². The highest BCUT2D eigenvalue weighted by Crippen LogP contribution is 2.38. The van der Waals surface area contributed by atoms with Gasteiger partial charge in [0.1, 0.15) is 0 Å². The van der Waals surface area contributed by atoms with Crippen LogP contribution in [0.1, 0.15) is 31.2 Å². The summed E-state index contributed by atoms with van der Waals surface area (Å²) in [4.78, 5) is 0. The summed E-state index contributed by atoms with van der Waals surface area (Å²) in [6, 6.07) is 34.5. The Hall–Kier alpha value is -3.98. The van der Waals surface area contributed by atoms with Gasteiger partial charge in [-0.1, -0.05) is 98.8 Å². The maximum atomic E-state index is 5.57. The zero-order valence-electron chi connectivity index (χ0n) is 19.1. The van der Waals surface area contributed by atoms with E-state index in [1.54, 1.807) is 6.92 Å². The van der Waals surface area contributed by atoms with Crippen LogP contribution >= 0.6 is 0 Å². The largest absolute Gasteiger partial charge is 0.421 e. The van der Waals surface area contributed by atoms with Crippen LogP contribution in [0.2, 0.25) is 0 Å². The second-order valence-electron chi connectivity index (χ2n) is 8.57. The van der Waals surface area contributed by atoms with Gasteiger partial charge < -0.3 is 4.42 Å². The maximum absolute atomic E-state index is 5.57. The lowest BCUT2D eigenvalue weighted by Gasteiger charge is -2.15. The van der Waals surface area contributed by atoms with Gasteiger partial charge in [0.15, 0.2) is 0 Å². The Kier molecular flexibility index (Phi) is 5.62. The van der Waals surface area contributed by atoms with Crippen LogP contribution in [0, 0.1) is 6.92 Å². The Labute approximate surface area is 194 Å². The molecule has 0 unspecified atom stereocenters. The molecule has 0 N–H and O–H groups in total. The van der Waals surface area contributed by atoms with Crippen molar-refractivity contribution < 1.29 is 4.42 Å². The standard InChI is InChI=1S/C30H26N2O/c1-20(2)22-12-14-23(15-13-22)26-8-4-6-10-28(26)29-11-7-5-9-27(29)24-16-18-25(19-17-24)30-32-31-21(3)33-30/h4-20H,1-3H3. The number of rotatable bonds is 5. The van der Waals surface area contributed by atoms with Crippen LogP contribution in [0.3, 0.4) is 0 Å². The Morgan fingerprint density at radius 3 is 1.45 bits per heavy atom. The molecule has 0 fully saturated rings. The lowest BCUT2D eigenvalue weighted by Crippen LogP contribution is -1.90. The molecule has 3 nitrogen and oxygen atoms in total. The van der Waals surface area contributed by atoms with Gasteiger partial charge >= 0.3 is 0 Å². The van der Waals surface area contributed by atoms with E-state index in [-0.39, 0.29) is 0 Å². The molecule has 0 radical (unpaired) electrons. The van der Waals surface area contributed by atoms with E-state index in [2.05, 4.69) is 109 Å². The first-order chi connectivity index (χ1) is 16.1. The average molecular weight is 431 g/mol. The second kappa shape index (κ2) is 8.87. The minimum absolute atomic E-state index is 0.522. The Balaban J connectivity index is 1.56.